The van der Waals surface area contributed by atoms with Crippen molar-refractivity contribution in [3.05, 3.63) is 33.2 Å². The molecule has 1 aliphatic carbocycles. The molecule has 1 aliphatic rings. The first kappa shape index (κ1) is 12.9. The fourth-order valence-corrected chi connectivity index (χ4v) is 3.25. The van der Waals surface area contributed by atoms with Crippen molar-refractivity contribution in [1.82, 2.24) is 4.98 Å². The summed E-state index contributed by atoms with van der Waals surface area (Å²) in [6.07, 6.45) is 5.13. The molecule has 2 nitrogen and oxygen atoms in total. The van der Waals surface area contributed by atoms with E-state index in [1.165, 1.54) is 6.07 Å². The van der Waals surface area contributed by atoms with Crippen LogP contribution in [0.2, 0.25) is 10.0 Å². The van der Waals surface area contributed by atoms with Crippen molar-refractivity contribution >= 4 is 39.8 Å². The van der Waals surface area contributed by atoms with Crippen LogP contribution in [0.15, 0.2) is 6.07 Å². The molecule has 1 heterocycles. The average molecular weight is 299 g/mol. The van der Waals surface area contributed by atoms with Gasteiger partial charge < -0.3 is 5.73 Å². The van der Waals surface area contributed by atoms with E-state index in [1.807, 2.05) is 0 Å². The van der Waals surface area contributed by atoms with Crippen molar-refractivity contribution in [2.75, 3.05) is 5.73 Å². The molecule has 0 amide bonds. The highest BCUT2D eigenvalue weighted by molar-refractivity contribution is 6.39. The van der Waals surface area contributed by atoms with Gasteiger partial charge in [-0.15, -0.1) is 0 Å². The zero-order chi connectivity index (χ0) is 13.6. The number of anilines is 1. The number of halogens is 3. The number of aryl methyl sites for hydroxylation is 1. The standard InChI is InChI=1S/C14H13Cl2FN2/c15-8-6-10-11(12(16)13(8)17)14(18)7-4-2-1-3-5-9(7)19-10/h6H,1-5H2,(H2,18,19). The number of hydrogen-bond acceptors (Lipinski definition) is 2. The molecule has 0 saturated heterocycles. The summed E-state index contributed by atoms with van der Waals surface area (Å²) in [5.74, 6) is -0.627. The maximum absolute atomic E-state index is 13.8. The molecule has 0 unspecified atom stereocenters. The molecule has 0 aliphatic heterocycles. The van der Waals surface area contributed by atoms with Gasteiger partial charge in [0, 0.05) is 16.8 Å². The smallest absolute Gasteiger partial charge is 0.161 e. The molecule has 19 heavy (non-hydrogen) atoms. The summed E-state index contributed by atoms with van der Waals surface area (Å²) < 4.78 is 13.8. The lowest BCUT2D eigenvalue weighted by atomic mass is 10.0. The van der Waals surface area contributed by atoms with Crippen molar-refractivity contribution in [3.8, 4) is 0 Å². The normalized spacial score (nSPS) is 15.3. The Morgan fingerprint density at radius 3 is 2.68 bits per heavy atom. The average Bonchev–Trinajstić information content (AvgIpc) is 2.61. The van der Waals surface area contributed by atoms with Gasteiger partial charge in [-0.1, -0.05) is 29.6 Å². The number of nitrogens with two attached hydrogens (primary N) is 1. The highest BCUT2D eigenvalue weighted by Gasteiger charge is 2.20. The minimum absolute atomic E-state index is 0.0158. The summed E-state index contributed by atoms with van der Waals surface area (Å²) in [6.45, 7) is 0. The largest absolute Gasteiger partial charge is 0.398 e. The fraction of sp³-hybridized carbons (Fsp3) is 0.357. The lowest BCUT2D eigenvalue weighted by molar-refractivity contribution is 0.630. The molecule has 1 aromatic carbocycles. The molecular formula is C14H13Cl2FN2. The Kier molecular flexibility index (Phi) is 3.27. The summed E-state index contributed by atoms with van der Waals surface area (Å²) in [5.41, 5.74) is 9.35. The lowest BCUT2D eigenvalue weighted by Crippen LogP contribution is -2.04. The fourth-order valence-electron chi connectivity index (χ4n) is 2.70. The predicted octanol–water partition coefficient (Wildman–Crippen LogP) is 4.53. The molecule has 100 valence electrons. The summed E-state index contributed by atoms with van der Waals surface area (Å²) >= 11 is 11.9. The summed E-state index contributed by atoms with van der Waals surface area (Å²) in [6, 6.07) is 1.50. The van der Waals surface area contributed by atoms with E-state index in [0.29, 0.717) is 16.6 Å². The second-order valence-electron chi connectivity index (χ2n) is 4.89. The second-order valence-corrected chi connectivity index (χ2v) is 5.68. The maximum Gasteiger partial charge on any atom is 0.161 e. The highest BCUT2D eigenvalue weighted by Crippen LogP contribution is 2.38. The molecule has 0 saturated carbocycles. The zero-order valence-electron chi connectivity index (χ0n) is 10.3. The number of nitrogen functional groups attached to an aromatic ring is 1. The minimum atomic E-state index is -0.627. The summed E-state index contributed by atoms with van der Waals surface area (Å²) in [4.78, 5) is 4.58. The van der Waals surface area contributed by atoms with Crippen LogP contribution in [0, 0.1) is 5.82 Å². The minimum Gasteiger partial charge on any atom is -0.398 e. The molecule has 0 spiro atoms. The number of benzene rings is 1. The molecule has 0 radical (unpaired) electrons. The topological polar surface area (TPSA) is 38.9 Å². The number of nitrogens with zero attached hydrogens (tertiary/aromatic N) is 1. The molecule has 0 atom stereocenters. The van der Waals surface area contributed by atoms with Gasteiger partial charge in [-0.2, -0.15) is 0 Å². The van der Waals surface area contributed by atoms with Crippen molar-refractivity contribution in [1.29, 1.82) is 0 Å². The van der Waals surface area contributed by atoms with Gasteiger partial charge in [-0.05, 0) is 37.3 Å². The summed E-state index contributed by atoms with van der Waals surface area (Å²) in [7, 11) is 0. The van der Waals surface area contributed by atoms with E-state index in [4.69, 9.17) is 28.9 Å². The van der Waals surface area contributed by atoms with Crippen LogP contribution in [0.4, 0.5) is 10.1 Å². The van der Waals surface area contributed by atoms with E-state index in [0.717, 1.165) is 43.4 Å². The Morgan fingerprint density at radius 1 is 1.16 bits per heavy atom. The van der Waals surface area contributed by atoms with Crippen LogP contribution in [0.5, 0.6) is 0 Å². The first-order valence-corrected chi connectivity index (χ1v) is 7.09. The number of hydrogen-bond donors (Lipinski definition) is 1. The van der Waals surface area contributed by atoms with Crippen LogP contribution in [-0.2, 0) is 12.8 Å². The van der Waals surface area contributed by atoms with E-state index in [1.54, 1.807) is 0 Å². The number of fused-ring (bicyclic) bond motifs is 2. The Labute approximate surface area is 120 Å². The maximum atomic E-state index is 13.8. The van der Waals surface area contributed by atoms with Gasteiger partial charge in [0.15, 0.2) is 5.82 Å². The van der Waals surface area contributed by atoms with Crippen LogP contribution in [-0.4, -0.2) is 4.98 Å². The highest BCUT2D eigenvalue weighted by atomic mass is 35.5. The Morgan fingerprint density at radius 2 is 1.89 bits per heavy atom. The lowest BCUT2D eigenvalue weighted by Gasteiger charge is -2.13. The number of rotatable bonds is 0. The van der Waals surface area contributed by atoms with E-state index in [9.17, 15) is 4.39 Å². The van der Waals surface area contributed by atoms with Crippen molar-refractivity contribution in [3.63, 3.8) is 0 Å². The van der Waals surface area contributed by atoms with Crippen LogP contribution < -0.4 is 5.73 Å². The summed E-state index contributed by atoms with van der Waals surface area (Å²) in [5, 5.41) is 0.446. The molecule has 0 fully saturated rings. The predicted molar refractivity (Wildman–Crippen MR) is 77.4 cm³/mol. The Bertz CT molecular complexity index is 671. The first-order chi connectivity index (χ1) is 9.09. The van der Waals surface area contributed by atoms with E-state index in [2.05, 4.69) is 4.98 Å². The van der Waals surface area contributed by atoms with Gasteiger partial charge in [-0.25, -0.2) is 4.39 Å². The Hall–Kier alpha value is -1.06. The van der Waals surface area contributed by atoms with Gasteiger partial charge in [-0.3, -0.25) is 4.98 Å². The molecule has 0 bridgehead atoms. The van der Waals surface area contributed by atoms with Gasteiger partial charge in [0.25, 0.3) is 0 Å². The van der Waals surface area contributed by atoms with E-state index in [-0.39, 0.29) is 10.0 Å². The van der Waals surface area contributed by atoms with Gasteiger partial charge in [0.1, 0.15) is 0 Å². The quantitative estimate of drug-likeness (QED) is 0.573. The van der Waals surface area contributed by atoms with Crippen molar-refractivity contribution < 1.29 is 4.39 Å². The van der Waals surface area contributed by atoms with Crippen LogP contribution in [0.25, 0.3) is 10.9 Å². The molecule has 2 aromatic rings. The monoisotopic (exact) mass is 298 g/mol. The Balaban J connectivity index is 2.38. The number of pyridine rings is 1. The van der Waals surface area contributed by atoms with E-state index < -0.39 is 5.82 Å². The third kappa shape index (κ3) is 2.05. The van der Waals surface area contributed by atoms with Crippen LogP contribution in [0.1, 0.15) is 30.5 Å². The van der Waals surface area contributed by atoms with Crippen LogP contribution >= 0.6 is 23.2 Å². The van der Waals surface area contributed by atoms with Gasteiger partial charge in [0.2, 0.25) is 0 Å². The SMILES string of the molecule is Nc1c2c(nc3cc(Cl)c(F)c(Cl)c13)CCCCC2. The molecule has 5 heteroatoms. The third-order valence-electron chi connectivity index (χ3n) is 3.68. The molecule has 1 aromatic heterocycles. The van der Waals surface area contributed by atoms with Crippen molar-refractivity contribution in [2.24, 2.45) is 0 Å². The second kappa shape index (κ2) is 4.80. The van der Waals surface area contributed by atoms with Gasteiger partial charge >= 0.3 is 0 Å². The molecule has 2 N–H and O–H groups in total. The van der Waals surface area contributed by atoms with E-state index >= 15 is 0 Å². The third-order valence-corrected chi connectivity index (χ3v) is 4.31. The van der Waals surface area contributed by atoms with Gasteiger partial charge in [0.05, 0.1) is 15.6 Å². The zero-order valence-corrected chi connectivity index (χ0v) is 11.8. The molecular weight excluding hydrogens is 286 g/mol. The molecule has 3 rings (SSSR count). The van der Waals surface area contributed by atoms with Crippen LogP contribution in [0.3, 0.4) is 0 Å². The van der Waals surface area contributed by atoms with Crippen molar-refractivity contribution in [2.45, 2.75) is 32.1 Å². The number of aromatic nitrogens is 1. The first-order valence-electron chi connectivity index (χ1n) is 6.34.